The zero-order valence-electron chi connectivity index (χ0n) is 9.77. The Kier molecular flexibility index (Phi) is 3.15. The molecule has 3 heteroatoms. The summed E-state index contributed by atoms with van der Waals surface area (Å²) in [5, 5.41) is 12.8. The summed E-state index contributed by atoms with van der Waals surface area (Å²) in [4.78, 5) is 0. The van der Waals surface area contributed by atoms with Gasteiger partial charge < -0.3 is 14.8 Å². The van der Waals surface area contributed by atoms with E-state index in [0.29, 0.717) is 11.8 Å². The molecule has 0 aliphatic rings. The summed E-state index contributed by atoms with van der Waals surface area (Å²) < 4.78 is 2.03. The Morgan fingerprint density at radius 1 is 1.31 bits per heavy atom. The average molecular weight is 218 g/mol. The van der Waals surface area contributed by atoms with Crippen LogP contribution in [0.1, 0.15) is 19.4 Å². The van der Waals surface area contributed by atoms with Gasteiger partial charge in [0.05, 0.1) is 5.52 Å². The highest BCUT2D eigenvalue weighted by atomic mass is 16.3. The topological polar surface area (TPSA) is 36.7 Å². The van der Waals surface area contributed by atoms with E-state index in [2.05, 4.69) is 25.2 Å². The van der Waals surface area contributed by atoms with Crippen molar-refractivity contribution in [2.45, 2.75) is 26.3 Å². The van der Waals surface area contributed by atoms with Crippen molar-refractivity contribution in [1.82, 2.24) is 9.72 Å². The van der Waals surface area contributed by atoms with Crippen molar-refractivity contribution >= 4 is 5.52 Å². The first kappa shape index (κ1) is 11.0. The van der Waals surface area contributed by atoms with Crippen LogP contribution in [0.2, 0.25) is 0 Å². The van der Waals surface area contributed by atoms with Crippen molar-refractivity contribution < 1.29 is 5.11 Å². The minimum Gasteiger partial charge on any atom is -0.508 e. The molecule has 86 valence electrons. The summed E-state index contributed by atoms with van der Waals surface area (Å²) in [6, 6.07) is 6.13. The lowest BCUT2D eigenvalue weighted by atomic mass is 10.2. The molecule has 2 heterocycles. The molecule has 0 spiro atoms. The molecule has 0 bridgehead atoms. The number of nitrogens with zero attached hydrogens (tertiary/aromatic N) is 1. The smallest absolute Gasteiger partial charge is 0.119 e. The normalized spacial score (nSPS) is 11.4. The summed E-state index contributed by atoms with van der Waals surface area (Å²) in [5.41, 5.74) is 2.36. The highest BCUT2D eigenvalue weighted by Gasteiger charge is 2.03. The zero-order valence-corrected chi connectivity index (χ0v) is 9.77. The van der Waals surface area contributed by atoms with Crippen molar-refractivity contribution in [3.05, 3.63) is 36.2 Å². The van der Waals surface area contributed by atoms with Gasteiger partial charge in [0.1, 0.15) is 5.75 Å². The van der Waals surface area contributed by atoms with Gasteiger partial charge in [-0.3, -0.25) is 0 Å². The molecule has 2 N–H and O–H groups in total. The number of hydrogen-bond acceptors (Lipinski definition) is 2. The highest BCUT2D eigenvalue weighted by Crippen LogP contribution is 2.18. The van der Waals surface area contributed by atoms with Crippen LogP contribution in [-0.2, 0) is 6.42 Å². The number of rotatable bonds is 4. The van der Waals surface area contributed by atoms with Gasteiger partial charge in [0.25, 0.3) is 0 Å². The van der Waals surface area contributed by atoms with Crippen LogP contribution in [-0.4, -0.2) is 22.1 Å². The molecule has 3 nitrogen and oxygen atoms in total. The van der Waals surface area contributed by atoms with E-state index in [1.54, 1.807) is 6.07 Å². The van der Waals surface area contributed by atoms with Gasteiger partial charge in [-0.25, -0.2) is 0 Å². The number of pyridine rings is 1. The van der Waals surface area contributed by atoms with Crippen LogP contribution in [0.4, 0.5) is 0 Å². The summed E-state index contributed by atoms with van der Waals surface area (Å²) in [7, 11) is 0. The number of nitrogens with one attached hydrogen (secondary N) is 1. The Morgan fingerprint density at radius 2 is 2.06 bits per heavy atom. The molecule has 0 unspecified atom stereocenters. The fraction of sp³-hybridized carbons (Fsp3) is 0.385. The van der Waals surface area contributed by atoms with Gasteiger partial charge in [0.2, 0.25) is 0 Å². The highest BCUT2D eigenvalue weighted by molar-refractivity contribution is 5.58. The number of hydrogen-bond donors (Lipinski definition) is 2. The molecule has 0 amide bonds. The fourth-order valence-electron chi connectivity index (χ4n) is 1.85. The Balaban J connectivity index is 2.15. The maximum atomic E-state index is 9.46. The van der Waals surface area contributed by atoms with Crippen molar-refractivity contribution in [3.8, 4) is 5.75 Å². The Bertz CT molecular complexity index is 474. The summed E-state index contributed by atoms with van der Waals surface area (Å²) in [6.45, 7) is 5.25. The third-order valence-corrected chi connectivity index (χ3v) is 2.68. The molecule has 0 aromatic carbocycles. The van der Waals surface area contributed by atoms with E-state index in [0.717, 1.165) is 18.5 Å². The number of fused-ring (bicyclic) bond motifs is 1. The van der Waals surface area contributed by atoms with E-state index in [9.17, 15) is 5.11 Å². The average Bonchev–Trinajstić information content (AvgIpc) is 2.60. The number of aromatic hydroxyl groups is 1. The molecule has 0 radical (unpaired) electrons. The van der Waals surface area contributed by atoms with E-state index in [1.165, 1.54) is 5.56 Å². The third-order valence-electron chi connectivity index (χ3n) is 2.68. The fourth-order valence-corrected chi connectivity index (χ4v) is 1.85. The largest absolute Gasteiger partial charge is 0.508 e. The van der Waals surface area contributed by atoms with Crippen LogP contribution in [0.5, 0.6) is 5.75 Å². The van der Waals surface area contributed by atoms with Gasteiger partial charge in [-0.15, -0.1) is 0 Å². The van der Waals surface area contributed by atoms with Crippen molar-refractivity contribution in [3.63, 3.8) is 0 Å². The van der Waals surface area contributed by atoms with Crippen LogP contribution in [0.3, 0.4) is 0 Å². The second-order valence-corrected chi connectivity index (χ2v) is 4.38. The molecule has 0 fully saturated rings. The minimum atomic E-state index is 0.323. The predicted octanol–water partition coefficient (Wildman–Crippen LogP) is 2.19. The lowest BCUT2D eigenvalue weighted by Gasteiger charge is -2.07. The molecule has 0 aliphatic heterocycles. The molecule has 0 aliphatic carbocycles. The summed E-state index contributed by atoms with van der Waals surface area (Å²) in [6.07, 6.45) is 4.89. The van der Waals surface area contributed by atoms with E-state index in [4.69, 9.17) is 0 Å². The quantitative estimate of drug-likeness (QED) is 0.825. The predicted molar refractivity (Wildman–Crippen MR) is 65.9 cm³/mol. The first-order valence-electron chi connectivity index (χ1n) is 5.69. The molecule has 0 atom stereocenters. The molecular weight excluding hydrogens is 200 g/mol. The summed E-state index contributed by atoms with van der Waals surface area (Å²) in [5.74, 6) is 0.323. The maximum Gasteiger partial charge on any atom is 0.119 e. The zero-order chi connectivity index (χ0) is 11.5. The molecule has 2 rings (SSSR count). The second-order valence-electron chi connectivity index (χ2n) is 4.38. The van der Waals surface area contributed by atoms with E-state index < -0.39 is 0 Å². The van der Waals surface area contributed by atoms with E-state index in [-0.39, 0.29) is 0 Å². The van der Waals surface area contributed by atoms with Crippen molar-refractivity contribution in [2.24, 2.45) is 0 Å². The Labute approximate surface area is 95.7 Å². The van der Waals surface area contributed by atoms with Crippen molar-refractivity contribution in [2.75, 3.05) is 6.54 Å². The SMILES string of the molecule is CC(C)NCCc1ccn2ccc(O)cc12. The summed E-state index contributed by atoms with van der Waals surface area (Å²) >= 11 is 0. The van der Waals surface area contributed by atoms with Gasteiger partial charge in [0, 0.05) is 24.5 Å². The molecule has 2 aromatic rings. The standard InChI is InChI=1S/C13H18N2O/c1-10(2)14-6-3-11-4-7-15-8-5-12(16)9-13(11)15/h4-5,7-10,14,16H,3,6H2,1-2H3. The molecule has 16 heavy (non-hydrogen) atoms. The van der Waals surface area contributed by atoms with Crippen LogP contribution < -0.4 is 5.32 Å². The van der Waals surface area contributed by atoms with Gasteiger partial charge in [-0.05, 0) is 30.7 Å². The Hall–Kier alpha value is -1.48. The van der Waals surface area contributed by atoms with Crippen LogP contribution >= 0.6 is 0 Å². The van der Waals surface area contributed by atoms with Crippen molar-refractivity contribution in [1.29, 1.82) is 0 Å². The van der Waals surface area contributed by atoms with Crippen LogP contribution in [0.15, 0.2) is 30.6 Å². The van der Waals surface area contributed by atoms with Crippen LogP contribution in [0, 0.1) is 0 Å². The Morgan fingerprint density at radius 3 is 2.81 bits per heavy atom. The molecule has 0 saturated carbocycles. The minimum absolute atomic E-state index is 0.323. The molecular formula is C13H18N2O. The second kappa shape index (κ2) is 4.58. The first-order valence-corrected chi connectivity index (χ1v) is 5.69. The van der Waals surface area contributed by atoms with Gasteiger partial charge in [-0.1, -0.05) is 13.8 Å². The molecule has 2 aromatic heterocycles. The van der Waals surface area contributed by atoms with E-state index in [1.807, 2.05) is 22.9 Å². The lowest BCUT2D eigenvalue weighted by Crippen LogP contribution is -2.24. The maximum absolute atomic E-state index is 9.46. The first-order chi connectivity index (χ1) is 7.66. The van der Waals surface area contributed by atoms with Gasteiger partial charge in [0.15, 0.2) is 0 Å². The monoisotopic (exact) mass is 218 g/mol. The lowest BCUT2D eigenvalue weighted by molar-refractivity contribution is 0.475. The van der Waals surface area contributed by atoms with E-state index >= 15 is 0 Å². The van der Waals surface area contributed by atoms with Gasteiger partial charge in [-0.2, -0.15) is 0 Å². The van der Waals surface area contributed by atoms with Gasteiger partial charge >= 0.3 is 0 Å². The van der Waals surface area contributed by atoms with Crippen LogP contribution in [0.25, 0.3) is 5.52 Å². The molecule has 0 saturated heterocycles. The third kappa shape index (κ3) is 2.36. The number of aromatic nitrogens is 1.